The van der Waals surface area contributed by atoms with Gasteiger partial charge < -0.3 is 8.98 Å². The molecular formula is C11H10F3NO2. The van der Waals surface area contributed by atoms with Crippen LogP contribution in [0.25, 0.3) is 11.1 Å². The fourth-order valence-electron chi connectivity index (χ4n) is 2.00. The zero-order valence-electron chi connectivity index (χ0n) is 9.47. The highest BCUT2D eigenvalue weighted by atomic mass is 19.4. The smallest absolute Gasteiger partial charge is 0.420 e. The third kappa shape index (κ3) is 1.55. The molecule has 0 saturated carbocycles. The quantitative estimate of drug-likeness (QED) is 0.715. The normalized spacial score (nSPS) is 12.4. The molecule has 0 bridgehead atoms. The Labute approximate surface area is 94.5 Å². The first-order valence-electron chi connectivity index (χ1n) is 4.89. The van der Waals surface area contributed by atoms with Gasteiger partial charge in [0.1, 0.15) is 5.56 Å². The standard InChI is InChI=1S/C11H10F3NO2/c1-5-4-17-9-7(11(12,13)14)6(2)10(16)15(3)8(5)9/h4H,1-3H3. The Balaban J connectivity index is 3.08. The number of rotatable bonds is 0. The summed E-state index contributed by atoms with van der Waals surface area (Å²) in [5.41, 5.74) is -1.58. The van der Waals surface area contributed by atoms with Crippen molar-refractivity contribution in [3.63, 3.8) is 0 Å². The molecule has 0 saturated heterocycles. The van der Waals surface area contributed by atoms with E-state index in [1.807, 2.05) is 0 Å². The minimum absolute atomic E-state index is 0.188. The maximum absolute atomic E-state index is 12.9. The van der Waals surface area contributed by atoms with Gasteiger partial charge in [0.25, 0.3) is 5.56 Å². The van der Waals surface area contributed by atoms with Crippen molar-refractivity contribution >= 4 is 11.1 Å². The molecule has 2 rings (SSSR count). The summed E-state index contributed by atoms with van der Waals surface area (Å²) in [5, 5.41) is 0. The van der Waals surface area contributed by atoms with E-state index in [4.69, 9.17) is 4.42 Å². The number of nitrogens with zero attached hydrogens (tertiary/aromatic N) is 1. The molecule has 2 aromatic heterocycles. The summed E-state index contributed by atoms with van der Waals surface area (Å²) < 4.78 is 44.8. The molecule has 0 aliphatic heterocycles. The highest BCUT2D eigenvalue weighted by Gasteiger charge is 2.38. The lowest BCUT2D eigenvalue weighted by atomic mass is 10.1. The topological polar surface area (TPSA) is 35.1 Å². The molecule has 2 aromatic rings. The van der Waals surface area contributed by atoms with Gasteiger partial charge in [0.05, 0.1) is 11.8 Å². The number of alkyl halides is 3. The number of halogens is 3. The number of aryl methyl sites for hydroxylation is 2. The third-order valence-corrected chi connectivity index (χ3v) is 2.79. The van der Waals surface area contributed by atoms with Crippen molar-refractivity contribution in [1.82, 2.24) is 4.57 Å². The Hall–Kier alpha value is -1.72. The monoisotopic (exact) mass is 245 g/mol. The zero-order chi connectivity index (χ0) is 13.0. The van der Waals surface area contributed by atoms with Crippen LogP contribution in [0.1, 0.15) is 16.7 Å². The lowest BCUT2D eigenvalue weighted by molar-refractivity contribution is -0.137. The number of hydrogen-bond donors (Lipinski definition) is 0. The highest BCUT2D eigenvalue weighted by Crippen LogP contribution is 2.37. The average molecular weight is 245 g/mol. The molecule has 0 N–H and O–H groups in total. The second kappa shape index (κ2) is 3.38. The fourth-order valence-corrected chi connectivity index (χ4v) is 2.00. The predicted octanol–water partition coefficient (Wildman–Crippen LogP) is 2.77. The molecular weight excluding hydrogens is 235 g/mol. The van der Waals surface area contributed by atoms with Crippen molar-refractivity contribution in [2.45, 2.75) is 20.0 Å². The van der Waals surface area contributed by atoms with Gasteiger partial charge in [0.15, 0.2) is 5.58 Å². The average Bonchev–Trinajstić information content (AvgIpc) is 2.55. The maximum atomic E-state index is 12.9. The zero-order valence-corrected chi connectivity index (χ0v) is 9.47. The number of aromatic nitrogens is 1. The molecule has 0 aromatic carbocycles. The lowest BCUT2D eigenvalue weighted by Gasteiger charge is -2.12. The Kier molecular flexibility index (Phi) is 2.34. The highest BCUT2D eigenvalue weighted by molar-refractivity contribution is 5.81. The van der Waals surface area contributed by atoms with Gasteiger partial charge in [0, 0.05) is 18.2 Å². The molecule has 0 radical (unpaired) electrons. The Bertz CT molecular complexity index is 649. The molecule has 0 atom stereocenters. The van der Waals surface area contributed by atoms with E-state index in [-0.39, 0.29) is 16.7 Å². The number of hydrogen-bond acceptors (Lipinski definition) is 2. The molecule has 3 nitrogen and oxygen atoms in total. The van der Waals surface area contributed by atoms with Crippen LogP contribution in [0.4, 0.5) is 13.2 Å². The first-order valence-corrected chi connectivity index (χ1v) is 4.89. The van der Waals surface area contributed by atoms with Crippen LogP contribution in [-0.4, -0.2) is 4.57 Å². The van der Waals surface area contributed by atoms with E-state index in [0.29, 0.717) is 5.56 Å². The van der Waals surface area contributed by atoms with Crippen LogP contribution in [0.15, 0.2) is 15.5 Å². The lowest BCUT2D eigenvalue weighted by Crippen LogP contribution is -2.24. The molecule has 17 heavy (non-hydrogen) atoms. The molecule has 92 valence electrons. The van der Waals surface area contributed by atoms with Gasteiger partial charge in [-0.25, -0.2) is 0 Å². The molecule has 0 aliphatic rings. The Morgan fingerprint density at radius 1 is 1.29 bits per heavy atom. The summed E-state index contributed by atoms with van der Waals surface area (Å²) in [6.45, 7) is 2.75. The fraction of sp³-hybridized carbons (Fsp3) is 0.364. The summed E-state index contributed by atoms with van der Waals surface area (Å²) >= 11 is 0. The number of fused-ring (bicyclic) bond motifs is 1. The molecule has 0 unspecified atom stereocenters. The summed E-state index contributed by atoms with van der Waals surface area (Å²) in [7, 11) is 1.43. The first-order chi connectivity index (χ1) is 7.75. The van der Waals surface area contributed by atoms with Crippen molar-refractivity contribution < 1.29 is 17.6 Å². The van der Waals surface area contributed by atoms with Gasteiger partial charge in [-0.2, -0.15) is 13.2 Å². The van der Waals surface area contributed by atoms with E-state index >= 15 is 0 Å². The van der Waals surface area contributed by atoms with Crippen molar-refractivity contribution in [3.8, 4) is 0 Å². The molecule has 0 aliphatic carbocycles. The van der Waals surface area contributed by atoms with Crippen molar-refractivity contribution in [2.24, 2.45) is 7.05 Å². The van der Waals surface area contributed by atoms with E-state index in [1.54, 1.807) is 6.92 Å². The van der Waals surface area contributed by atoms with Crippen molar-refractivity contribution in [2.75, 3.05) is 0 Å². The largest absolute Gasteiger partial charge is 0.462 e. The van der Waals surface area contributed by atoms with Crippen molar-refractivity contribution in [1.29, 1.82) is 0 Å². The summed E-state index contributed by atoms with van der Waals surface area (Å²) in [5.74, 6) is 0. The minimum atomic E-state index is -4.60. The molecule has 6 heteroatoms. The Morgan fingerprint density at radius 2 is 1.88 bits per heavy atom. The second-order valence-corrected chi connectivity index (χ2v) is 3.96. The molecule has 0 amide bonds. The summed E-state index contributed by atoms with van der Waals surface area (Å²) in [6.07, 6.45) is -3.38. The van der Waals surface area contributed by atoms with Crippen LogP contribution < -0.4 is 5.56 Å². The third-order valence-electron chi connectivity index (χ3n) is 2.79. The second-order valence-electron chi connectivity index (χ2n) is 3.96. The van der Waals surface area contributed by atoms with Gasteiger partial charge >= 0.3 is 6.18 Å². The van der Waals surface area contributed by atoms with E-state index in [2.05, 4.69) is 0 Å². The maximum Gasteiger partial charge on any atom is 0.420 e. The van der Waals surface area contributed by atoms with Gasteiger partial charge in [-0.1, -0.05) is 0 Å². The van der Waals surface area contributed by atoms with Crippen LogP contribution in [0.3, 0.4) is 0 Å². The van der Waals surface area contributed by atoms with Crippen LogP contribution in [-0.2, 0) is 13.2 Å². The van der Waals surface area contributed by atoms with Gasteiger partial charge in [-0.3, -0.25) is 4.79 Å². The predicted molar refractivity (Wildman–Crippen MR) is 55.9 cm³/mol. The van der Waals surface area contributed by atoms with Crippen LogP contribution in [0.5, 0.6) is 0 Å². The SMILES string of the molecule is Cc1c(C(F)(F)F)c2occ(C)c2n(C)c1=O. The first kappa shape index (κ1) is 11.8. The van der Waals surface area contributed by atoms with E-state index in [1.165, 1.54) is 17.9 Å². The summed E-state index contributed by atoms with van der Waals surface area (Å²) in [6, 6.07) is 0. The van der Waals surface area contributed by atoms with Crippen molar-refractivity contribution in [3.05, 3.63) is 33.3 Å². The van der Waals surface area contributed by atoms with Gasteiger partial charge in [0.2, 0.25) is 0 Å². The summed E-state index contributed by atoms with van der Waals surface area (Å²) in [4.78, 5) is 11.7. The Morgan fingerprint density at radius 3 is 2.41 bits per heavy atom. The van der Waals surface area contributed by atoms with Crippen LogP contribution >= 0.6 is 0 Å². The van der Waals surface area contributed by atoms with E-state index < -0.39 is 17.3 Å². The van der Waals surface area contributed by atoms with Crippen LogP contribution in [0, 0.1) is 13.8 Å². The van der Waals surface area contributed by atoms with E-state index in [9.17, 15) is 18.0 Å². The van der Waals surface area contributed by atoms with Gasteiger partial charge in [-0.05, 0) is 13.8 Å². The molecule has 0 fully saturated rings. The molecule has 2 heterocycles. The molecule has 0 spiro atoms. The van der Waals surface area contributed by atoms with Gasteiger partial charge in [-0.15, -0.1) is 0 Å². The number of pyridine rings is 1. The van der Waals surface area contributed by atoms with E-state index in [0.717, 1.165) is 6.92 Å². The number of furan rings is 1. The minimum Gasteiger partial charge on any atom is -0.462 e. The van der Waals surface area contributed by atoms with Crippen LogP contribution in [0.2, 0.25) is 0 Å².